The van der Waals surface area contributed by atoms with Crippen molar-refractivity contribution in [2.75, 3.05) is 32.8 Å². The molecule has 2 aliphatic heterocycles. The van der Waals surface area contributed by atoms with Crippen LogP contribution in [0.5, 0.6) is 5.75 Å². The molecule has 0 aromatic heterocycles. The molecule has 1 N–H and O–H groups in total. The second-order valence-electron chi connectivity index (χ2n) is 7.92. The molecular weight excluding hydrogens is 326 g/mol. The predicted molar refractivity (Wildman–Crippen MR) is 104 cm³/mol. The van der Waals surface area contributed by atoms with E-state index in [4.69, 9.17) is 14.5 Å². The minimum absolute atomic E-state index is 0.349. The maximum Gasteiger partial charge on any atom is 0.194 e. The first-order valence-corrected chi connectivity index (χ1v) is 10.1. The first-order chi connectivity index (χ1) is 12.8. The van der Waals surface area contributed by atoms with Gasteiger partial charge in [-0.1, -0.05) is 18.2 Å². The van der Waals surface area contributed by atoms with Gasteiger partial charge in [0.15, 0.2) is 5.96 Å². The monoisotopic (exact) mass is 357 g/mol. The highest BCUT2D eigenvalue weighted by Crippen LogP contribution is 2.38. The molecule has 1 atom stereocenters. The number of guanidine groups is 1. The lowest BCUT2D eigenvalue weighted by Crippen LogP contribution is -2.41. The molecule has 0 amide bonds. The lowest BCUT2D eigenvalue weighted by molar-refractivity contribution is 0.119. The summed E-state index contributed by atoms with van der Waals surface area (Å²) in [5, 5.41) is 3.48. The fourth-order valence-electron chi connectivity index (χ4n) is 4.09. The number of para-hydroxylation sites is 1. The molecule has 5 nitrogen and oxygen atoms in total. The maximum absolute atomic E-state index is 6.16. The zero-order valence-electron chi connectivity index (χ0n) is 15.9. The number of likely N-dealkylation sites (tertiary alicyclic amines) is 1. The Hall–Kier alpha value is -1.75. The van der Waals surface area contributed by atoms with Gasteiger partial charge in [0.1, 0.15) is 5.75 Å². The highest BCUT2D eigenvalue weighted by atomic mass is 16.5. The molecule has 0 bridgehead atoms. The minimum Gasteiger partial charge on any atom is -0.490 e. The van der Waals surface area contributed by atoms with Crippen LogP contribution in [0.4, 0.5) is 0 Å². The summed E-state index contributed by atoms with van der Waals surface area (Å²) in [6.07, 6.45) is 6.43. The zero-order valence-corrected chi connectivity index (χ0v) is 15.9. The van der Waals surface area contributed by atoms with E-state index < -0.39 is 0 Å². The van der Waals surface area contributed by atoms with E-state index in [1.807, 2.05) is 0 Å². The van der Waals surface area contributed by atoms with E-state index in [1.165, 1.54) is 37.7 Å². The van der Waals surface area contributed by atoms with Gasteiger partial charge < -0.3 is 19.7 Å². The molecule has 1 unspecified atom stereocenters. The van der Waals surface area contributed by atoms with Crippen molar-refractivity contribution < 1.29 is 9.47 Å². The van der Waals surface area contributed by atoms with Gasteiger partial charge in [-0.25, -0.2) is 4.99 Å². The molecule has 0 radical (unpaired) electrons. The van der Waals surface area contributed by atoms with Crippen molar-refractivity contribution in [1.29, 1.82) is 0 Å². The van der Waals surface area contributed by atoms with Crippen molar-refractivity contribution in [3.05, 3.63) is 29.8 Å². The molecule has 4 rings (SSSR count). The molecule has 1 saturated carbocycles. The second-order valence-corrected chi connectivity index (χ2v) is 7.92. The molecule has 1 spiro atoms. The Morgan fingerprint density at radius 2 is 2.23 bits per heavy atom. The number of hydrogen-bond donors (Lipinski definition) is 1. The summed E-state index contributed by atoms with van der Waals surface area (Å²) in [4.78, 5) is 7.35. The first-order valence-electron chi connectivity index (χ1n) is 10.1. The van der Waals surface area contributed by atoms with Crippen LogP contribution in [0, 0.1) is 5.41 Å². The average molecular weight is 357 g/mol. The topological polar surface area (TPSA) is 46.1 Å². The third-order valence-corrected chi connectivity index (χ3v) is 5.98. The van der Waals surface area contributed by atoms with Crippen LogP contribution in [0.15, 0.2) is 29.3 Å². The van der Waals surface area contributed by atoms with Crippen LogP contribution < -0.4 is 10.1 Å². The van der Waals surface area contributed by atoms with Gasteiger partial charge in [-0.3, -0.25) is 0 Å². The molecule has 3 aliphatic rings. The van der Waals surface area contributed by atoms with Gasteiger partial charge in [-0.15, -0.1) is 0 Å². The van der Waals surface area contributed by atoms with Crippen LogP contribution >= 0.6 is 0 Å². The second kappa shape index (κ2) is 7.87. The molecule has 2 heterocycles. The molecule has 5 heteroatoms. The Labute approximate surface area is 156 Å². The van der Waals surface area contributed by atoms with Gasteiger partial charge in [0.25, 0.3) is 0 Å². The molecule has 3 fully saturated rings. The highest BCUT2D eigenvalue weighted by Gasteiger charge is 2.42. The van der Waals surface area contributed by atoms with Crippen molar-refractivity contribution in [1.82, 2.24) is 10.2 Å². The van der Waals surface area contributed by atoms with Gasteiger partial charge in [0, 0.05) is 37.2 Å². The van der Waals surface area contributed by atoms with E-state index >= 15 is 0 Å². The van der Waals surface area contributed by atoms with Gasteiger partial charge in [-0.05, 0) is 45.1 Å². The van der Waals surface area contributed by atoms with E-state index in [0.717, 1.165) is 44.6 Å². The Morgan fingerprint density at radius 1 is 1.35 bits per heavy atom. The van der Waals surface area contributed by atoms with Gasteiger partial charge >= 0.3 is 0 Å². The van der Waals surface area contributed by atoms with Crippen LogP contribution in [-0.2, 0) is 11.3 Å². The standard InChI is InChI=1S/C21H31N3O2/c1-2-22-20(24-12-10-21(15-24)11-13-25-16-21)23-14-17-6-3-4-9-19(17)26-18-7-5-8-18/h3-4,6,9,18H,2,5,7-8,10-16H2,1H3,(H,22,23). The molecule has 1 aromatic rings. The highest BCUT2D eigenvalue weighted by molar-refractivity contribution is 5.80. The number of nitrogens with one attached hydrogen (secondary N) is 1. The molecular formula is C21H31N3O2. The molecule has 142 valence electrons. The van der Waals surface area contributed by atoms with Gasteiger partial charge in [0.2, 0.25) is 0 Å². The Bertz CT molecular complexity index is 636. The summed E-state index contributed by atoms with van der Waals surface area (Å²) in [6.45, 7) is 7.61. The summed E-state index contributed by atoms with van der Waals surface area (Å²) in [7, 11) is 0. The van der Waals surface area contributed by atoms with E-state index in [2.05, 4.69) is 41.4 Å². The molecule has 1 aromatic carbocycles. The zero-order chi connectivity index (χ0) is 17.8. The smallest absolute Gasteiger partial charge is 0.194 e. The van der Waals surface area contributed by atoms with Crippen LogP contribution in [0.25, 0.3) is 0 Å². The van der Waals surface area contributed by atoms with E-state index in [9.17, 15) is 0 Å². The van der Waals surface area contributed by atoms with E-state index in [0.29, 0.717) is 18.1 Å². The van der Waals surface area contributed by atoms with Crippen LogP contribution in [0.2, 0.25) is 0 Å². The summed E-state index contributed by atoms with van der Waals surface area (Å²) in [6, 6.07) is 8.34. The van der Waals surface area contributed by atoms with Crippen LogP contribution in [0.1, 0.15) is 44.6 Å². The lowest BCUT2D eigenvalue weighted by atomic mass is 9.87. The van der Waals surface area contributed by atoms with Gasteiger partial charge in [0.05, 0.1) is 19.3 Å². The average Bonchev–Trinajstić information content (AvgIpc) is 3.26. The summed E-state index contributed by atoms with van der Waals surface area (Å²) in [5.74, 6) is 2.02. The van der Waals surface area contributed by atoms with E-state index in [1.54, 1.807) is 0 Å². The van der Waals surface area contributed by atoms with Crippen LogP contribution in [0.3, 0.4) is 0 Å². The SMILES string of the molecule is CCNC(=NCc1ccccc1OC1CCC1)N1CCC2(CCOC2)C1. The van der Waals surface area contributed by atoms with Crippen LogP contribution in [-0.4, -0.2) is 49.8 Å². The largest absolute Gasteiger partial charge is 0.490 e. The molecule has 1 aliphatic carbocycles. The number of nitrogens with zero attached hydrogens (tertiary/aromatic N) is 2. The van der Waals surface area contributed by atoms with Crippen molar-refractivity contribution in [2.24, 2.45) is 10.4 Å². The number of hydrogen-bond acceptors (Lipinski definition) is 3. The summed E-state index contributed by atoms with van der Waals surface area (Å²) in [5.41, 5.74) is 1.52. The predicted octanol–water partition coefficient (Wildman–Crippen LogP) is 3.20. The van der Waals surface area contributed by atoms with Crippen molar-refractivity contribution >= 4 is 5.96 Å². The Balaban J connectivity index is 1.44. The Kier molecular flexibility index (Phi) is 5.34. The summed E-state index contributed by atoms with van der Waals surface area (Å²) < 4.78 is 11.8. The van der Waals surface area contributed by atoms with Crippen molar-refractivity contribution in [3.8, 4) is 5.75 Å². The minimum atomic E-state index is 0.349. The first kappa shape index (κ1) is 17.7. The van der Waals surface area contributed by atoms with E-state index in [-0.39, 0.29) is 0 Å². The molecule has 2 saturated heterocycles. The Morgan fingerprint density at radius 3 is 2.96 bits per heavy atom. The van der Waals surface area contributed by atoms with Crippen molar-refractivity contribution in [2.45, 2.75) is 51.7 Å². The number of ether oxygens (including phenoxy) is 2. The fourth-order valence-corrected chi connectivity index (χ4v) is 4.09. The maximum atomic E-state index is 6.16. The third kappa shape index (κ3) is 3.83. The fraction of sp³-hybridized carbons (Fsp3) is 0.667. The molecule has 26 heavy (non-hydrogen) atoms. The van der Waals surface area contributed by atoms with Crippen molar-refractivity contribution in [3.63, 3.8) is 0 Å². The number of rotatable bonds is 5. The quantitative estimate of drug-likeness (QED) is 0.649. The number of benzene rings is 1. The third-order valence-electron chi connectivity index (χ3n) is 5.98. The van der Waals surface area contributed by atoms with Gasteiger partial charge in [-0.2, -0.15) is 0 Å². The normalized spacial score (nSPS) is 26.3. The number of aliphatic imine (C=N–C) groups is 1. The lowest BCUT2D eigenvalue weighted by Gasteiger charge is -2.27. The summed E-state index contributed by atoms with van der Waals surface area (Å²) >= 11 is 0.